The molecule has 0 amide bonds. The molecule has 168 valence electrons. The molecule has 4 heterocycles. The Morgan fingerprint density at radius 1 is 1.00 bits per heavy atom. The Morgan fingerprint density at radius 2 is 1.88 bits per heavy atom. The zero-order valence-electron chi connectivity index (χ0n) is 18.5. The summed E-state index contributed by atoms with van der Waals surface area (Å²) < 4.78 is 10.8. The van der Waals surface area contributed by atoms with Gasteiger partial charge < -0.3 is 25.4 Å². The molecule has 4 aromatic rings. The van der Waals surface area contributed by atoms with Crippen molar-refractivity contribution in [2.75, 3.05) is 44.5 Å². The Hall–Kier alpha value is -3.98. The van der Waals surface area contributed by atoms with Crippen LogP contribution in [0.3, 0.4) is 0 Å². The number of nitrogens with one attached hydrogen (secondary N) is 1. The van der Waals surface area contributed by atoms with E-state index in [0.29, 0.717) is 28.4 Å². The Labute approximate surface area is 191 Å². The van der Waals surface area contributed by atoms with Gasteiger partial charge in [0.05, 0.1) is 37.2 Å². The summed E-state index contributed by atoms with van der Waals surface area (Å²) in [7, 11) is 3.23. The fraction of sp³-hybridized carbons (Fsp3) is 0.250. The number of anilines is 2. The number of pyridine rings is 2. The first-order chi connectivity index (χ1) is 16.2. The van der Waals surface area contributed by atoms with Crippen LogP contribution < -0.4 is 25.4 Å². The molecule has 0 spiro atoms. The average molecular weight is 444 g/mol. The van der Waals surface area contributed by atoms with Crippen molar-refractivity contribution in [3.8, 4) is 22.8 Å². The lowest BCUT2D eigenvalue weighted by Crippen LogP contribution is -2.47. The zero-order valence-corrected chi connectivity index (χ0v) is 18.5. The molecule has 0 bridgehead atoms. The summed E-state index contributed by atoms with van der Waals surface area (Å²) in [4.78, 5) is 20.8. The SMILES string of the molecule is COc1ccc(-c2ccc3nc(N)nc(N4CCNCC4c4ccccn4)c3n2)cc1OC. The monoisotopic (exact) mass is 443 g/mol. The number of hydrogen-bond donors (Lipinski definition) is 2. The molecule has 5 rings (SSSR count). The zero-order chi connectivity index (χ0) is 22.8. The van der Waals surface area contributed by atoms with Gasteiger partial charge in [-0.1, -0.05) is 6.07 Å². The number of methoxy groups -OCH3 is 2. The van der Waals surface area contributed by atoms with Crippen LogP contribution in [0.4, 0.5) is 11.8 Å². The number of nitrogen functional groups attached to an aromatic ring is 1. The highest BCUT2D eigenvalue weighted by Gasteiger charge is 2.28. The van der Waals surface area contributed by atoms with Crippen LogP contribution in [0.25, 0.3) is 22.3 Å². The van der Waals surface area contributed by atoms with Gasteiger partial charge in [0.15, 0.2) is 17.3 Å². The molecule has 0 aliphatic carbocycles. The molecule has 3 aromatic heterocycles. The average Bonchev–Trinajstić information content (AvgIpc) is 2.88. The summed E-state index contributed by atoms with van der Waals surface area (Å²) in [5, 5.41) is 3.45. The van der Waals surface area contributed by atoms with Gasteiger partial charge in [0.1, 0.15) is 5.52 Å². The van der Waals surface area contributed by atoms with E-state index in [9.17, 15) is 0 Å². The predicted molar refractivity (Wildman–Crippen MR) is 127 cm³/mol. The summed E-state index contributed by atoms with van der Waals surface area (Å²) >= 11 is 0. The van der Waals surface area contributed by atoms with Crippen molar-refractivity contribution in [2.45, 2.75) is 6.04 Å². The maximum Gasteiger partial charge on any atom is 0.222 e. The Kier molecular flexibility index (Phi) is 5.62. The fourth-order valence-electron chi connectivity index (χ4n) is 4.17. The number of piperazine rings is 1. The number of ether oxygens (including phenoxy) is 2. The normalized spacial score (nSPS) is 16.1. The fourth-order valence-corrected chi connectivity index (χ4v) is 4.17. The van der Waals surface area contributed by atoms with E-state index in [1.807, 2.05) is 54.7 Å². The lowest BCUT2D eigenvalue weighted by Gasteiger charge is -2.37. The highest BCUT2D eigenvalue weighted by atomic mass is 16.5. The summed E-state index contributed by atoms with van der Waals surface area (Å²) in [5.41, 5.74) is 10.1. The third-order valence-corrected chi connectivity index (χ3v) is 5.77. The van der Waals surface area contributed by atoms with Crippen molar-refractivity contribution in [1.29, 1.82) is 0 Å². The van der Waals surface area contributed by atoms with Crippen LogP contribution in [0.15, 0.2) is 54.7 Å². The lowest BCUT2D eigenvalue weighted by atomic mass is 10.1. The molecular weight excluding hydrogens is 418 g/mol. The molecule has 1 aliphatic rings. The number of benzene rings is 1. The minimum absolute atomic E-state index is 0.00369. The van der Waals surface area contributed by atoms with E-state index < -0.39 is 0 Å². The van der Waals surface area contributed by atoms with E-state index in [4.69, 9.17) is 20.2 Å². The van der Waals surface area contributed by atoms with E-state index in [2.05, 4.69) is 25.2 Å². The number of nitrogens with zero attached hydrogens (tertiary/aromatic N) is 5. The van der Waals surface area contributed by atoms with Crippen molar-refractivity contribution in [2.24, 2.45) is 0 Å². The van der Waals surface area contributed by atoms with Gasteiger partial charge in [-0.15, -0.1) is 0 Å². The summed E-state index contributed by atoms with van der Waals surface area (Å²) in [6, 6.07) is 15.5. The molecular formula is C24H25N7O2. The molecule has 9 nitrogen and oxygen atoms in total. The van der Waals surface area contributed by atoms with Crippen LogP contribution in [-0.2, 0) is 0 Å². The van der Waals surface area contributed by atoms with E-state index in [-0.39, 0.29) is 12.0 Å². The number of nitrogens with two attached hydrogens (primary N) is 1. The van der Waals surface area contributed by atoms with Crippen LogP contribution in [-0.4, -0.2) is 53.8 Å². The smallest absolute Gasteiger partial charge is 0.222 e. The number of aromatic nitrogens is 4. The number of hydrogen-bond acceptors (Lipinski definition) is 9. The van der Waals surface area contributed by atoms with Gasteiger partial charge in [-0.05, 0) is 42.5 Å². The Bertz CT molecular complexity index is 1280. The quantitative estimate of drug-likeness (QED) is 0.481. The molecule has 1 unspecified atom stereocenters. The summed E-state index contributed by atoms with van der Waals surface area (Å²) in [5.74, 6) is 2.23. The highest BCUT2D eigenvalue weighted by molar-refractivity contribution is 5.89. The van der Waals surface area contributed by atoms with E-state index >= 15 is 0 Å². The van der Waals surface area contributed by atoms with Gasteiger partial charge >= 0.3 is 0 Å². The standard InChI is InChI=1S/C24H25N7O2/c1-32-20-9-6-15(13-21(20)33-2)16-7-8-18-22(28-16)23(30-24(25)29-18)31-12-11-26-14-19(31)17-5-3-4-10-27-17/h3-10,13,19,26H,11-12,14H2,1-2H3,(H2,25,29,30). The van der Waals surface area contributed by atoms with Crippen molar-refractivity contribution in [3.05, 3.63) is 60.4 Å². The Balaban J connectivity index is 1.63. The first kappa shape index (κ1) is 20.9. The lowest BCUT2D eigenvalue weighted by molar-refractivity contribution is 0.355. The first-order valence-electron chi connectivity index (χ1n) is 10.7. The maximum atomic E-state index is 6.10. The van der Waals surface area contributed by atoms with Crippen LogP contribution in [0.1, 0.15) is 11.7 Å². The Morgan fingerprint density at radius 3 is 2.67 bits per heavy atom. The molecule has 1 aromatic carbocycles. The highest BCUT2D eigenvalue weighted by Crippen LogP contribution is 2.35. The number of rotatable bonds is 5. The van der Waals surface area contributed by atoms with Crippen LogP contribution >= 0.6 is 0 Å². The van der Waals surface area contributed by atoms with Crippen molar-refractivity contribution < 1.29 is 9.47 Å². The minimum atomic E-state index is 0.00369. The second kappa shape index (κ2) is 8.87. The molecule has 1 saturated heterocycles. The molecule has 0 saturated carbocycles. The molecule has 9 heteroatoms. The summed E-state index contributed by atoms with van der Waals surface area (Å²) in [6.07, 6.45) is 1.81. The van der Waals surface area contributed by atoms with Crippen LogP contribution in [0.2, 0.25) is 0 Å². The van der Waals surface area contributed by atoms with Gasteiger partial charge in [-0.3, -0.25) is 4.98 Å². The molecule has 33 heavy (non-hydrogen) atoms. The van der Waals surface area contributed by atoms with Gasteiger partial charge in [0.2, 0.25) is 5.95 Å². The molecule has 1 aliphatic heterocycles. The first-order valence-corrected chi connectivity index (χ1v) is 10.7. The minimum Gasteiger partial charge on any atom is -0.493 e. The van der Waals surface area contributed by atoms with Gasteiger partial charge in [0, 0.05) is 31.4 Å². The topological polar surface area (TPSA) is 111 Å². The largest absolute Gasteiger partial charge is 0.493 e. The molecule has 3 N–H and O–H groups in total. The maximum absolute atomic E-state index is 6.10. The van der Waals surface area contributed by atoms with Crippen molar-refractivity contribution in [1.82, 2.24) is 25.3 Å². The van der Waals surface area contributed by atoms with E-state index in [1.165, 1.54) is 0 Å². The predicted octanol–water partition coefficient (Wildman–Crippen LogP) is 2.84. The van der Waals surface area contributed by atoms with E-state index in [0.717, 1.165) is 36.6 Å². The van der Waals surface area contributed by atoms with Gasteiger partial charge in [-0.25, -0.2) is 9.97 Å². The third kappa shape index (κ3) is 3.98. The van der Waals surface area contributed by atoms with Crippen LogP contribution in [0.5, 0.6) is 11.5 Å². The van der Waals surface area contributed by atoms with E-state index in [1.54, 1.807) is 14.2 Å². The third-order valence-electron chi connectivity index (χ3n) is 5.77. The molecule has 1 atom stereocenters. The van der Waals surface area contributed by atoms with Crippen molar-refractivity contribution >= 4 is 22.8 Å². The van der Waals surface area contributed by atoms with Gasteiger partial charge in [0.25, 0.3) is 0 Å². The van der Waals surface area contributed by atoms with Gasteiger partial charge in [-0.2, -0.15) is 4.98 Å². The molecule has 0 radical (unpaired) electrons. The number of fused-ring (bicyclic) bond motifs is 1. The second-order valence-electron chi connectivity index (χ2n) is 7.71. The second-order valence-corrected chi connectivity index (χ2v) is 7.71. The summed E-state index contributed by atoms with van der Waals surface area (Å²) in [6.45, 7) is 2.32. The molecule has 1 fully saturated rings. The van der Waals surface area contributed by atoms with Crippen molar-refractivity contribution in [3.63, 3.8) is 0 Å². The van der Waals surface area contributed by atoms with Crippen LogP contribution in [0, 0.1) is 0 Å².